The molecule has 1 aliphatic rings. The van der Waals surface area contributed by atoms with Gasteiger partial charge in [0.2, 0.25) is 0 Å². The molecule has 1 fully saturated rings. The lowest BCUT2D eigenvalue weighted by atomic mass is 9.96. The van der Waals surface area contributed by atoms with Gasteiger partial charge in [-0.15, -0.1) is 0 Å². The normalized spacial score (nSPS) is 15.5. The Kier molecular flexibility index (Phi) is 7.29. The molecular weight excluding hydrogens is 416 g/mol. The summed E-state index contributed by atoms with van der Waals surface area (Å²) in [7, 11) is 0. The van der Waals surface area contributed by atoms with Gasteiger partial charge in [-0.25, -0.2) is 8.78 Å². The zero-order chi connectivity index (χ0) is 23.2. The van der Waals surface area contributed by atoms with E-state index in [-0.39, 0.29) is 17.7 Å². The second-order valence-corrected chi connectivity index (χ2v) is 8.51. The Labute approximate surface area is 194 Å². The van der Waals surface area contributed by atoms with E-state index in [4.69, 9.17) is 0 Å². The van der Waals surface area contributed by atoms with Gasteiger partial charge in [-0.3, -0.25) is 9.80 Å². The summed E-state index contributed by atoms with van der Waals surface area (Å²) in [5.74, 6) is -0.545. The Morgan fingerprint density at radius 3 is 1.85 bits per heavy atom. The maximum absolute atomic E-state index is 13.5. The molecule has 0 amide bonds. The summed E-state index contributed by atoms with van der Waals surface area (Å²) in [5.41, 5.74) is 4.92. The molecular formula is C28H27F2N3. The fourth-order valence-corrected chi connectivity index (χ4v) is 4.30. The molecule has 1 saturated heterocycles. The van der Waals surface area contributed by atoms with Crippen LogP contribution in [0.1, 0.15) is 28.3 Å². The maximum atomic E-state index is 13.5. The lowest BCUT2D eigenvalue weighted by Crippen LogP contribution is -2.48. The van der Waals surface area contributed by atoms with Gasteiger partial charge < -0.3 is 0 Å². The number of halogens is 2. The summed E-state index contributed by atoms with van der Waals surface area (Å²) in [6.45, 7) is 5.86. The molecule has 0 aromatic heterocycles. The average molecular weight is 444 g/mol. The first-order valence-electron chi connectivity index (χ1n) is 11.2. The first-order chi connectivity index (χ1) is 16.0. The Morgan fingerprint density at radius 2 is 1.36 bits per heavy atom. The van der Waals surface area contributed by atoms with E-state index < -0.39 is 0 Å². The van der Waals surface area contributed by atoms with E-state index in [1.165, 1.54) is 29.8 Å². The van der Waals surface area contributed by atoms with Crippen LogP contribution in [0.4, 0.5) is 8.78 Å². The minimum absolute atomic E-state index is 0.0770. The van der Waals surface area contributed by atoms with Crippen LogP contribution in [0.3, 0.4) is 0 Å². The summed E-state index contributed by atoms with van der Waals surface area (Å²) >= 11 is 0. The van der Waals surface area contributed by atoms with Crippen molar-refractivity contribution in [3.8, 4) is 6.07 Å². The Morgan fingerprint density at radius 1 is 0.848 bits per heavy atom. The predicted molar refractivity (Wildman–Crippen MR) is 127 cm³/mol. The lowest BCUT2D eigenvalue weighted by molar-refractivity contribution is 0.116. The van der Waals surface area contributed by atoms with E-state index in [2.05, 4.69) is 15.9 Å². The van der Waals surface area contributed by atoms with Gasteiger partial charge >= 0.3 is 0 Å². The second-order valence-electron chi connectivity index (χ2n) is 8.51. The average Bonchev–Trinajstić information content (AvgIpc) is 2.83. The van der Waals surface area contributed by atoms with Gasteiger partial charge in [0, 0.05) is 38.3 Å². The van der Waals surface area contributed by atoms with E-state index in [1.807, 2.05) is 37.3 Å². The van der Waals surface area contributed by atoms with Gasteiger partial charge in [-0.2, -0.15) is 5.26 Å². The fraction of sp³-hybridized carbons (Fsp3) is 0.250. The van der Waals surface area contributed by atoms with Gasteiger partial charge in [0.05, 0.1) is 12.1 Å². The fourth-order valence-electron chi connectivity index (χ4n) is 4.30. The molecule has 33 heavy (non-hydrogen) atoms. The van der Waals surface area contributed by atoms with Crippen LogP contribution in [0.5, 0.6) is 0 Å². The first kappa shape index (κ1) is 22.8. The van der Waals surface area contributed by atoms with Crippen LogP contribution in [-0.4, -0.2) is 42.5 Å². The summed E-state index contributed by atoms with van der Waals surface area (Å²) in [6.07, 6.45) is 1.95. The van der Waals surface area contributed by atoms with E-state index in [9.17, 15) is 14.0 Å². The monoisotopic (exact) mass is 443 g/mol. The van der Waals surface area contributed by atoms with Crippen LogP contribution in [-0.2, 0) is 0 Å². The minimum atomic E-state index is -0.272. The highest BCUT2D eigenvalue weighted by Gasteiger charge is 2.27. The van der Waals surface area contributed by atoms with Crippen LogP contribution in [0.15, 0.2) is 78.4 Å². The largest absolute Gasteiger partial charge is 0.296 e. The SMILES string of the molecule is Cc1ccc(/C=C(/C#N)CN2CCN(C(c3ccc(F)cc3)c3ccc(F)cc3)CC2)cc1. The third kappa shape index (κ3) is 5.92. The van der Waals surface area contributed by atoms with Crippen LogP contribution >= 0.6 is 0 Å². The number of piperazine rings is 1. The Bertz CT molecular complexity index is 1080. The zero-order valence-corrected chi connectivity index (χ0v) is 18.7. The van der Waals surface area contributed by atoms with Crippen molar-refractivity contribution in [1.29, 1.82) is 5.26 Å². The van der Waals surface area contributed by atoms with Crippen molar-refractivity contribution in [3.05, 3.63) is 112 Å². The molecule has 1 heterocycles. The third-order valence-corrected chi connectivity index (χ3v) is 6.10. The van der Waals surface area contributed by atoms with E-state index >= 15 is 0 Å². The van der Waals surface area contributed by atoms with Gasteiger partial charge in [0.15, 0.2) is 0 Å². The van der Waals surface area contributed by atoms with Crippen molar-refractivity contribution in [2.45, 2.75) is 13.0 Å². The molecule has 0 spiro atoms. The molecule has 1 aliphatic heterocycles. The van der Waals surface area contributed by atoms with Crippen molar-refractivity contribution in [2.75, 3.05) is 32.7 Å². The smallest absolute Gasteiger partial charge is 0.123 e. The van der Waals surface area contributed by atoms with Gasteiger partial charge in [-0.05, 0) is 54.0 Å². The quantitative estimate of drug-likeness (QED) is 0.466. The maximum Gasteiger partial charge on any atom is 0.123 e. The van der Waals surface area contributed by atoms with E-state index in [0.29, 0.717) is 6.54 Å². The summed E-state index contributed by atoms with van der Waals surface area (Å²) < 4.78 is 27.1. The second kappa shape index (κ2) is 10.5. The van der Waals surface area contributed by atoms with Crippen molar-refractivity contribution in [3.63, 3.8) is 0 Å². The van der Waals surface area contributed by atoms with Crippen molar-refractivity contribution in [2.24, 2.45) is 0 Å². The topological polar surface area (TPSA) is 30.3 Å². The zero-order valence-electron chi connectivity index (χ0n) is 18.7. The predicted octanol–water partition coefficient (Wildman–Crippen LogP) is 5.59. The third-order valence-electron chi connectivity index (χ3n) is 6.10. The molecule has 4 rings (SSSR count). The van der Waals surface area contributed by atoms with E-state index in [0.717, 1.165) is 48.4 Å². The van der Waals surface area contributed by atoms with Crippen LogP contribution in [0.2, 0.25) is 0 Å². The van der Waals surface area contributed by atoms with Gasteiger partial charge in [0.25, 0.3) is 0 Å². The molecule has 0 bridgehead atoms. The Balaban J connectivity index is 1.46. The molecule has 0 aliphatic carbocycles. The number of nitriles is 1. The molecule has 0 radical (unpaired) electrons. The molecule has 0 N–H and O–H groups in total. The number of hydrogen-bond donors (Lipinski definition) is 0. The van der Waals surface area contributed by atoms with Crippen molar-refractivity contribution >= 4 is 6.08 Å². The molecule has 0 saturated carbocycles. The molecule has 0 unspecified atom stereocenters. The van der Waals surface area contributed by atoms with Crippen LogP contribution in [0, 0.1) is 29.9 Å². The number of aryl methyl sites for hydroxylation is 1. The minimum Gasteiger partial charge on any atom is -0.296 e. The Hall–Kier alpha value is -3.33. The highest BCUT2D eigenvalue weighted by Crippen LogP contribution is 2.30. The van der Waals surface area contributed by atoms with Gasteiger partial charge in [0.1, 0.15) is 11.6 Å². The molecule has 3 aromatic rings. The number of rotatable bonds is 6. The standard InChI is InChI=1S/C28H27F2N3/c1-21-2-4-22(5-3-21)18-23(19-31)20-32-14-16-33(17-15-32)28(24-6-10-26(29)11-7-24)25-8-12-27(30)13-9-25/h2-13,18,28H,14-17,20H2,1H3/b23-18-. The molecule has 3 nitrogen and oxygen atoms in total. The van der Waals surface area contributed by atoms with Crippen molar-refractivity contribution in [1.82, 2.24) is 9.80 Å². The first-order valence-corrected chi connectivity index (χ1v) is 11.2. The molecule has 5 heteroatoms. The van der Waals surface area contributed by atoms with E-state index in [1.54, 1.807) is 24.3 Å². The van der Waals surface area contributed by atoms with Crippen molar-refractivity contribution < 1.29 is 8.78 Å². The highest BCUT2D eigenvalue weighted by molar-refractivity contribution is 5.57. The van der Waals surface area contributed by atoms with Crippen LogP contribution < -0.4 is 0 Å². The summed E-state index contributed by atoms with van der Waals surface area (Å²) in [6, 6.07) is 23.5. The highest BCUT2D eigenvalue weighted by atomic mass is 19.1. The summed E-state index contributed by atoms with van der Waals surface area (Å²) in [4.78, 5) is 4.62. The lowest BCUT2D eigenvalue weighted by Gasteiger charge is -2.39. The van der Waals surface area contributed by atoms with Crippen LogP contribution in [0.25, 0.3) is 6.08 Å². The number of hydrogen-bond acceptors (Lipinski definition) is 3. The molecule has 3 aromatic carbocycles. The molecule has 0 atom stereocenters. The summed E-state index contributed by atoms with van der Waals surface area (Å²) in [5, 5.41) is 9.64. The molecule has 168 valence electrons. The number of nitrogens with zero attached hydrogens (tertiary/aromatic N) is 3. The van der Waals surface area contributed by atoms with Gasteiger partial charge in [-0.1, -0.05) is 54.1 Å². The number of benzene rings is 3.